The Labute approximate surface area is 159 Å². The molecule has 0 fully saturated rings. The van der Waals surface area contributed by atoms with E-state index in [1.54, 1.807) is 24.5 Å². The summed E-state index contributed by atoms with van der Waals surface area (Å²) in [6, 6.07) is 5.90. The number of fused-ring (bicyclic) bond motifs is 1. The Balaban J connectivity index is 1.63. The normalized spacial score (nSPS) is 14.1. The summed E-state index contributed by atoms with van der Waals surface area (Å²) in [7, 11) is 0. The lowest BCUT2D eigenvalue weighted by Crippen LogP contribution is -2.35. The Morgan fingerprint density at radius 1 is 1.30 bits per heavy atom. The standard InChI is InChI=1S/C19H16ClFN4O2/c20-15-8-13(21)7-12(17(15)26)9-25-6-3-14-16(10-25)23-18(24-19(14)27)11-1-4-22-5-2-11/h1-2,4-5,7-8,26H,3,6,9-10H2,(H,23,24,27). The van der Waals surface area contributed by atoms with Crippen LogP contribution in [0.3, 0.4) is 0 Å². The van der Waals surface area contributed by atoms with Gasteiger partial charge in [0.1, 0.15) is 17.4 Å². The number of phenolic OH excluding ortho intramolecular Hbond substituents is 1. The summed E-state index contributed by atoms with van der Waals surface area (Å²) in [6.07, 6.45) is 3.80. The number of phenols is 1. The molecule has 6 nitrogen and oxygen atoms in total. The number of nitrogens with zero attached hydrogens (tertiary/aromatic N) is 3. The number of hydrogen-bond acceptors (Lipinski definition) is 5. The molecule has 2 aromatic heterocycles. The van der Waals surface area contributed by atoms with Gasteiger partial charge < -0.3 is 10.1 Å². The maximum atomic E-state index is 13.6. The first kappa shape index (κ1) is 17.6. The maximum Gasteiger partial charge on any atom is 0.254 e. The number of H-pyrrole nitrogens is 1. The molecule has 0 bridgehead atoms. The average Bonchev–Trinajstić information content (AvgIpc) is 2.66. The highest BCUT2D eigenvalue weighted by atomic mass is 35.5. The summed E-state index contributed by atoms with van der Waals surface area (Å²) in [5.41, 5.74) is 2.37. The molecule has 0 radical (unpaired) electrons. The van der Waals surface area contributed by atoms with E-state index in [4.69, 9.17) is 11.6 Å². The molecule has 0 atom stereocenters. The fourth-order valence-electron chi connectivity index (χ4n) is 3.26. The number of hydrogen-bond donors (Lipinski definition) is 2. The Hall–Kier alpha value is -2.77. The zero-order valence-electron chi connectivity index (χ0n) is 14.2. The molecule has 3 heterocycles. The van der Waals surface area contributed by atoms with Gasteiger partial charge in [-0.1, -0.05) is 11.6 Å². The van der Waals surface area contributed by atoms with Gasteiger partial charge in [-0.2, -0.15) is 0 Å². The van der Waals surface area contributed by atoms with Crippen molar-refractivity contribution in [1.29, 1.82) is 0 Å². The molecule has 3 aromatic rings. The number of pyridine rings is 1. The molecule has 0 spiro atoms. The van der Waals surface area contributed by atoms with Crippen LogP contribution in [0.25, 0.3) is 11.4 Å². The highest BCUT2D eigenvalue weighted by Gasteiger charge is 2.23. The molecule has 1 aliphatic heterocycles. The van der Waals surface area contributed by atoms with Crippen molar-refractivity contribution >= 4 is 11.6 Å². The van der Waals surface area contributed by atoms with Crippen molar-refractivity contribution in [2.24, 2.45) is 0 Å². The van der Waals surface area contributed by atoms with Crippen LogP contribution in [0, 0.1) is 5.82 Å². The van der Waals surface area contributed by atoms with Crippen molar-refractivity contribution < 1.29 is 9.50 Å². The number of rotatable bonds is 3. The summed E-state index contributed by atoms with van der Waals surface area (Å²) in [5, 5.41) is 10.1. The van der Waals surface area contributed by atoms with E-state index >= 15 is 0 Å². The van der Waals surface area contributed by atoms with E-state index < -0.39 is 5.82 Å². The van der Waals surface area contributed by atoms with Gasteiger partial charge in [-0.15, -0.1) is 0 Å². The molecule has 8 heteroatoms. The first-order chi connectivity index (χ1) is 13.0. The van der Waals surface area contributed by atoms with Crippen molar-refractivity contribution in [3.8, 4) is 17.1 Å². The van der Waals surface area contributed by atoms with Crippen LogP contribution >= 0.6 is 11.6 Å². The molecular formula is C19H16ClFN4O2. The monoisotopic (exact) mass is 386 g/mol. The third-order valence-electron chi connectivity index (χ3n) is 4.61. The van der Waals surface area contributed by atoms with Crippen LogP contribution < -0.4 is 5.56 Å². The van der Waals surface area contributed by atoms with E-state index in [0.717, 1.165) is 11.6 Å². The summed E-state index contributed by atoms with van der Waals surface area (Å²) in [4.78, 5) is 25.8. The Bertz CT molecular complexity index is 1060. The highest BCUT2D eigenvalue weighted by molar-refractivity contribution is 6.32. The van der Waals surface area contributed by atoms with E-state index in [0.29, 0.717) is 48.7 Å². The second kappa shape index (κ2) is 7.09. The van der Waals surface area contributed by atoms with Crippen LogP contribution in [0.15, 0.2) is 41.5 Å². The molecule has 27 heavy (non-hydrogen) atoms. The van der Waals surface area contributed by atoms with Crippen LogP contribution in [0.4, 0.5) is 4.39 Å². The highest BCUT2D eigenvalue weighted by Crippen LogP contribution is 2.30. The van der Waals surface area contributed by atoms with Gasteiger partial charge in [0.15, 0.2) is 0 Å². The summed E-state index contributed by atoms with van der Waals surface area (Å²) >= 11 is 5.86. The molecule has 138 valence electrons. The fourth-order valence-corrected chi connectivity index (χ4v) is 3.48. The van der Waals surface area contributed by atoms with Gasteiger partial charge in [0.05, 0.1) is 10.7 Å². The van der Waals surface area contributed by atoms with Gasteiger partial charge in [0.25, 0.3) is 5.56 Å². The summed E-state index contributed by atoms with van der Waals surface area (Å²) in [6.45, 7) is 1.33. The van der Waals surface area contributed by atoms with Crippen molar-refractivity contribution in [1.82, 2.24) is 19.9 Å². The average molecular weight is 387 g/mol. The minimum atomic E-state index is -0.500. The third kappa shape index (κ3) is 3.56. The second-order valence-electron chi connectivity index (χ2n) is 6.43. The van der Waals surface area contributed by atoms with E-state index in [9.17, 15) is 14.3 Å². The predicted octanol–water partition coefficient (Wildman–Crippen LogP) is 2.89. The van der Waals surface area contributed by atoms with Crippen LogP contribution in [-0.2, 0) is 19.5 Å². The maximum absolute atomic E-state index is 13.6. The summed E-state index contributed by atoms with van der Waals surface area (Å²) in [5.74, 6) is -0.139. The quantitative estimate of drug-likeness (QED) is 0.723. The Morgan fingerprint density at radius 2 is 2.07 bits per heavy atom. The molecule has 0 unspecified atom stereocenters. The van der Waals surface area contributed by atoms with Crippen LogP contribution in [-0.4, -0.2) is 31.5 Å². The predicted molar refractivity (Wildman–Crippen MR) is 99.0 cm³/mol. The first-order valence-electron chi connectivity index (χ1n) is 8.43. The van der Waals surface area contributed by atoms with E-state index in [1.807, 2.05) is 4.90 Å². The van der Waals surface area contributed by atoms with E-state index in [2.05, 4.69) is 15.0 Å². The SMILES string of the molecule is O=c1[nH]c(-c2ccncc2)nc2c1CCN(Cc1cc(F)cc(Cl)c1O)C2. The lowest BCUT2D eigenvalue weighted by molar-refractivity contribution is 0.237. The molecule has 4 rings (SSSR count). The third-order valence-corrected chi connectivity index (χ3v) is 4.90. The van der Waals surface area contributed by atoms with Gasteiger partial charge in [0, 0.05) is 48.7 Å². The molecule has 0 amide bonds. The van der Waals surface area contributed by atoms with Gasteiger partial charge in [0.2, 0.25) is 0 Å². The van der Waals surface area contributed by atoms with Gasteiger partial charge in [-0.05, 0) is 30.7 Å². The first-order valence-corrected chi connectivity index (χ1v) is 8.81. The largest absolute Gasteiger partial charge is 0.506 e. The number of aromatic hydroxyl groups is 1. The molecule has 1 aliphatic rings. The second-order valence-corrected chi connectivity index (χ2v) is 6.84. The fraction of sp³-hybridized carbons (Fsp3) is 0.211. The Morgan fingerprint density at radius 3 is 2.85 bits per heavy atom. The van der Waals surface area contributed by atoms with Gasteiger partial charge in [-0.3, -0.25) is 14.7 Å². The van der Waals surface area contributed by atoms with Crippen molar-refractivity contribution in [3.05, 3.63) is 74.7 Å². The van der Waals surface area contributed by atoms with Crippen LogP contribution in [0.2, 0.25) is 5.02 Å². The number of aromatic amines is 1. The number of aromatic nitrogens is 3. The lowest BCUT2D eigenvalue weighted by atomic mass is 10.0. The van der Waals surface area contributed by atoms with E-state index in [1.165, 1.54) is 6.07 Å². The van der Waals surface area contributed by atoms with Crippen LogP contribution in [0.5, 0.6) is 5.75 Å². The summed E-state index contributed by atoms with van der Waals surface area (Å²) < 4.78 is 13.6. The number of benzene rings is 1. The minimum absolute atomic E-state index is 0.0167. The smallest absolute Gasteiger partial charge is 0.254 e. The lowest BCUT2D eigenvalue weighted by Gasteiger charge is -2.28. The molecule has 0 aliphatic carbocycles. The minimum Gasteiger partial charge on any atom is -0.506 e. The molecule has 2 N–H and O–H groups in total. The zero-order valence-corrected chi connectivity index (χ0v) is 15.0. The number of nitrogens with one attached hydrogen (secondary N) is 1. The van der Waals surface area contributed by atoms with Gasteiger partial charge >= 0.3 is 0 Å². The molecular weight excluding hydrogens is 371 g/mol. The van der Waals surface area contributed by atoms with Crippen molar-refractivity contribution in [2.45, 2.75) is 19.5 Å². The van der Waals surface area contributed by atoms with Gasteiger partial charge in [-0.25, -0.2) is 9.37 Å². The molecule has 0 saturated carbocycles. The topological polar surface area (TPSA) is 82.1 Å². The van der Waals surface area contributed by atoms with Crippen molar-refractivity contribution in [2.75, 3.05) is 6.54 Å². The van der Waals surface area contributed by atoms with E-state index in [-0.39, 0.29) is 16.3 Å². The molecule has 1 aromatic carbocycles. The number of halogens is 2. The van der Waals surface area contributed by atoms with Crippen LogP contribution in [0.1, 0.15) is 16.8 Å². The van der Waals surface area contributed by atoms with Crippen molar-refractivity contribution in [3.63, 3.8) is 0 Å². The molecule has 0 saturated heterocycles. The zero-order chi connectivity index (χ0) is 19.0. The Kier molecular flexibility index (Phi) is 4.63.